The second-order valence-corrected chi connectivity index (χ2v) is 9.94. The summed E-state index contributed by atoms with van der Waals surface area (Å²) in [5, 5.41) is 8.48. The first kappa shape index (κ1) is 25.1. The number of amides is 1. The van der Waals surface area contributed by atoms with Crippen LogP contribution in [0.5, 0.6) is 0 Å². The van der Waals surface area contributed by atoms with E-state index in [1.165, 1.54) is 12.8 Å². The quantitative estimate of drug-likeness (QED) is 0.431. The molecular weight excluding hydrogens is 442 g/mol. The van der Waals surface area contributed by atoms with E-state index in [4.69, 9.17) is 4.74 Å². The molecule has 8 heteroatoms. The van der Waals surface area contributed by atoms with Crippen LogP contribution in [0.1, 0.15) is 70.9 Å². The fourth-order valence-electron chi connectivity index (χ4n) is 4.95. The third-order valence-corrected chi connectivity index (χ3v) is 6.77. The van der Waals surface area contributed by atoms with Gasteiger partial charge in [0.25, 0.3) is 11.5 Å². The van der Waals surface area contributed by atoms with Gasteiger partial charge in [0.15, 0.2) is 0 Å². The largest absolute Gasteiger partial charge is 0.377 e. The van der Waals surface area contributed by atoms with Gasteiger partial charge in [0.2, 0.25) is 0 Å². The lowest BCUT2D eigenvalue weighted by Crippen LogP contribution is -2.28. The summed E-state index contributed by atoms with van der Waals surface area (Å²) in [6, 6.07) is 6.30. The van der Waals surface area contributed by atoms with Crippen molar-refractivity contribution in [3.63, 3.8) is 0 Å². The Labute approximate surface area is 206 Å². The zero-order chi connectivity index (χ0) is 24.9. The number of aromatic nitrogens is 3. The number of benzene rings is 1. The number of aryl methyl sites for hydroxylation is 2. The van der Waals surface area contributed by atoms with Crippen molar-refractivity contribution in [2.24, 2.45) is 0 Å². The number of aromatic amines is 1. The predicted molar refractivity (Wildman–Crippen MR) is 138 cm³/mol. The second kappa shape index (κ2) is 11.2. The molecule has 0 saturated heterocycles. The van der Waals surface area contributed by atoms with Gasteiger partial charge in [-0.05, 0) is 83.1 Å². The number of carbonyl (C=O) groups excluding carboxylic acids is 1. The Bertz CT molecular complexity index is 1240. The molecule has 0 spiro atoms. The third-order valence-electron chi connectivity index (χ3n) is 6.77. The van der Waals surface area contributed by atoms with Crippen LogP contribution >= 0.6 is 0 Å². The van der Waals surface area contributed by atoms with E-state index in [2.05, 4.69) is 45.1 Å². The second-order valence-electron chi connectivity index (χ2n) is 9.94. The van der Waals surface area contributed by atoms with Crippen molar-refractivity contribution in [2.45, 2.75) is 65.1 Å². The standard InChI is InChI=1S/C27H37N5O3/c1-18-12-19(2)30-27(34)23(18)15-28-26(33)22-13-20(17-35-11-7-10-31(3)4)14-25-24(22)16-29-32(25)21-8-5-6-9-21/h12-14,16,21H,5-11,15,17H2,1-4H3,(H,28,33)(H,30,34). The first-order valence-electron chi connectivity index (χ1n) is 12.5. The zero-order valence-corrected chi connectivity index (χ0v) is 21.3. The Morgan fingerprint density at radius 2 is 2.00 bits per heavy atom. The van der Waals surface area contributed by atoms with E-state index in [-0.39, 0.29) is 18.0 Å². The van der Waals surface area contributed by atoms with Gasteiger partial charge in [-0.3, -0.25) is 14.3 Å². The molecule has 188 valence electrons. The number of H-pyrrole nitrogens is 1. The van der Waals surface area contributed by atoms with Crippen LogP contribution in [-0.2, 0) is 17.9 Å². The third kappa shape index (κ3) is 6.00. The summed E-state index contributed by atoms with van der Waals surface area (Å²) < 4.78 is 8.02. The minimum absolute atomic E-state index is 0.165. The van der Waals surface area contributed by atoms with E-state index in [0.29, 0.717) is 30.4 Å². The van der Waals surface area contributed by atoms with Crippen molar-refractivity contribution in [1.29, 1.82) is 0 Å². The molecule has 3 aromatic rings. The van der Waals surface area contributed by atoms with Crippen LogP contribution < -0.4 is 10.9 Å². The average Bonchev–Trinajstić information content (AvgIpc) is 3.47. The maximum Gasteiger partial charge on any atom is 0.253 e. The first-order valence-corrected chi connectivity index (χ1v) is 12.5. The highest BCUT2D eigenvalue weighted by atomic mass is 16.5. The average molecular weight is 480 g/mol. The van der Waals surface area contributed by atoms with E-state index in [0.717, 1.165) is 53.5 Å². The molecule has 0 radical (unpaired) electrons. The van der Waals surface area contributed by atoms with Crippen LogP contribution in [-0.4, -0.2) is 52.8 Å². The van der Waals surface area contributed by atoms with E-state index >= 15 is 0 Å². The maximum atomic E-state index is 13.3. The summed E-state index contributed by atoms with van der Waals surface area (Å²) in [5.74, 6) is -0.213. The summed E-state index contributed by atoms with van der Waals surface area (Å²) in [4.78, 5) is 30.7. The van der Waals surface area contributed by atoms with Crippen LogP contribution in [0.2, 0.25) is 0 Å². The number of hydrogen-bond acceptors (Lipinski definition) is 5. The molecule has 8 nitrogen and oxygen atoms in total. The normalized spacial score (nSPS) is 14.3. The van der Waals surface area contributed by atoms with Crippen molar-refractivity contribution >= 4 is 16.8 Å². The molecule has 1 saturated carbocycles. The Hall–Kier alpha value is -2.97. The van der Waals surface area contributed by atoms with Crippen molar-refractivity contribution < 1.29 is 9.53 Å². The number of carbonyl (C=O) groups is 1. The number of ether oxygens (including phenoxy) is 1. The smallest absolute Gasteiger partial charge is 0.253 e. The molecule has 1 aliphatic carbocycles. The van der Waals surface area contributed by atoms with E-state index < -0.39 is 0 Å². The Morgan fingerprint density at radius 1 is 1.23 bits per heavy atom. The molecule has 0 aliphatic heterocycles. The van der Waals surface area contributed by atoms with Gasteiger partial charge in [-0.1, -0.05) is 12.8 Å². The molecule has 0 unspecified atom stereocenters. The van der Waals surface area contributed by atoms with Crippen molar-refractivity contribution in [3.8, 4) is 0 Å². The molecule has 1 aromatic carbocycles. The van der Waals surface area contributed by atoms with Gasteiger partial charge in [0, 0.05) is 29.8 Å². The zero-order valence-electron chi connectivity index (χ0n) is 21.3. The van der Waals surface area contributed by atoms with Gasteiger partial charge in [0.05, 0.1) is 29.9 Å². The number of nitrogens with zero attached hydrogens (tertiary/aromatic N) is 3. The predicted octanol–water partition coefficient (Wildman–Crippen LogP) is 3.85. The van der Waals surface area contributed by atoms with Crippen LogP contribution in [0.4, 0.5) is 0 Å². The van der Waals surface area contributed by atoms with Gasteiger partial charge in [-0.15, -0.1) is 0 Å². The fourth-order valence-corrected chi connectivity index (χ4v) is 4.95. The van der Waals surface area contributed by atoms with Crippen LogP contribution in [0.25, 0.3) is 10.9 Å². The number of hydrogen-bond donors (Lipinski definition) is 2. The van der Waals surface area contributed by atoms with E-state index in [9.17, 15) is 9.59 Å². The molecule has 1 amide bonds. The molecule has 2 heterocycles. The molecule has 0 bridgehead atoms. The molecule has 4 rings (SSSR count). The molecule has 1 aliphatic rings. The van der Waals surface area contributed by atoms with Crippen LogP contribution in [0.15, 0.2) is 29.2 Å². The van der Waals surface area contributed by atoms with Crippen LogP contribution in [0.3, 0.4) is 0 Å². The van der Waals surface area contributed by atoms with Gasteiger partial charge < -0.3 is 19.9 Å². The lowest BCUT2D eigenvalue weighted by Gasteiger charge is -2.14. The highest BCUT2D eigenvalue weighted by molar-refractivity contribution is 6.06. The minimum atomic E-state index is -0.213. The van der Waals surface area contributed by atoms with Crippen molar-refractivity contribution in [1.82, 2.24) is 25.0 Å². The lowest BCUT2D eigenvalue weighted by atomic mass is 10.0. The number of pyridine rings is 1. The lowest BCUT2D eigenvalue weighted by molar-refractivity contribution is 0.0951. The Kier molecular flexibility index (Phi) is 8.03. The highest BCUT2D eigenvalue weighted by Gasteiger charge is 2.22. The molecule has 35 heavy (non-hydrogen) atoms. The molecule has 0 atom stereocenters. The number of fused-ring (bicyclic) bond motifs is 1. The summed E-state index contributed by atoms with van der Waals surface area (Å²) in [5.41, 5.74) is 4.58. The van der Waals surface area contributed by atoms with Crippen molar-refractivity contribution in [3.05, 3.63) is 62.7 Å². The molecule has 2 N–H and O–H groups in total. The Morgan fingerprint density at radius 3 is 2.71 bits per heavy atom. The highest BCUT2D eigenvalue weighted by Crippen LogP contribution is 2.33. The topological polar surface area (TPSA) is 92.2 Å². The monoisotopic (exact) mass is 479 g/mol. The molecular formula is C27H37N5O3. The first-order chi connectivity index (χ1) is 16.8. The molecule has 2 aromatic heterocycles. The molecule has 1 fully saturated rings. The summed E-state index contributed by atoms with van der Waals surface area (Å²) >= 11 is 0. The number of rotatable bonds is 10. The van der Waals surface area contributed by atoms with Crippen LogP contribution in [0, 0.1) is 13.8 Å². The number of nitrogens with one attached hydrogen (secondary N) is 2. The van der Waals surface area contributed by atoms with Crippen molar-refractivity contribution in [2.75, 3.05) is 27.2 Å². The van der Waals surface area contributed by atoms with Gasteiger partial charge in [0.1, 0.15) is 0 Å². The summed E-state index contributed by atoms with van der Waals surface area (Å²) in [7, 11) is 4.10. The minimum Gasteiger partial charge on any atom is -0.377 e. The van der Waals surface area contributed by atoms with Gasteiger partial charge >= 0.3 is 0 Å². The van der Waals surface area contributed by atoms with Gasteiger partial charge in [-0.2, -0.15) is 5.10 Å². The fraction of sp³-hybridized carbons (Fsp3) is 0.519. The summed E-state index contributed by atoms with van der Waals surface area (Å²) in [6.07, 6.45) is 7.39. The van der Waals surface area contributed by atoms with E-state index in [1.54, 1.807) is 6.20 Å². The Balaban J connectivity index is 1.58. The van der Waals surface area contributed by atoms with E-state index in [1.807, 2.05) is 26.0 Å². The summed E-state index contributed by atoms with van der Waals surface area (Å²) in [6.45, 7) is 5.99. The van der Waals surface area contributed by atoms with Gasteiger partial charge in [-0.25, -0.2) is 0 Å². The maximum absolute atomic E-state index is 13.3. The SMILES string of the molecule is Cc1cc(C)c(CNC(=O)c2cc(COCCCN(C)C)cc3c2cnn3C2CCCC2)c(=O)[nH]1.